The highest BCUT2D eigenvalue weighted by Gasteiger charge is 2.18. The van der Waals surface area contributed by atoms with Gasteiger partial charge in [-0.15, -0.1) is 11.3 Å². The molecule has 0 amide bonds. The van der Waals surface area contributed by atoms with Crippen molar-refractivity contribution in [3.05, 3.63) is 17.3 Å². The van der Waals surface area contributed by atoms with Gasteiger partial charge in [0.2, 0.25) is 0 Å². The Hall–Kier alpha value is -1.24. The molecule has 0 atom stereocenters. The summed E-state index contributed by atoms with van der Waals surface area (Å²) < 4.78 is 5.20. The maximum atomic E-state index is 5.20. The van der Waals surface area contributed by atoms with Gasteiger partial charge in [0.1, 0.15) is 17.0 Å². The highest BCUT2D eigenvalue weighted by atomic mass is 32.1. The van der Waals surface area contributed by atoms with Gasteiger partial charge in [0.15, 0.2) is 0 Å². The lowest BCUT2D eigenvalue weighted by atomic mass is 10.1. The van der Waals surface area contributed by atoms with E-state index in [0.717, 1.165) is 30.4 Å². The van der Waals surface area contributed by atoms with Crippen LogP contribution in [-0.4, -0.2) is 35.3 Å². The lowest BCUT2D eigenvalue weighted by Crippen LogP contribution is -2.45. The third-order valence-corrected chi connectivity index (χ3v) is 5.82. The normalized spacial score (nSPS) is 20.3. The van der Waals surface area contributed by atoms with Crippen LogP contribution < -0.4 is 10.6 Å². The van der Waals surface area contributed by atoms with Gasteiger partial charge in [0, 0.05) is 17.5 Å². The van der Waals surface area contributed by atoms with Crippen LogP contribution in [0.5, 0.6) is 0 Å². The van der Waals surface area contributed by atoms with Crippen LogP contribution in [-0.2, 0) is 11.3 Å². The number of aromatic nitrogens is 2. The second kappa shape index (κ2) is 7.11. The summed E-state index contributed by atoms with van der Waals surface area (Å²) in [6.45, 7) is 2.55. The Morgan fingerprint density at radius 3 is 2.65 bits per heavy atom. The largest absolute Gasteiger partial charge is 0.378 e. The third-order valence-electron chi connectivity index (χ3n) is 4.78. The van der Waals surface area contributed by atoms with Crippen molar-refractivity contribution in [3.63, 3.8) is 0 Å². The number of nitrogens with zero attached hydrogens (tertiary/aromatic N) is 2. The molecule has 0 radical (unpaired) electrons. The maximum absolute atomic E-state index is 5.20. The molecule has 2 fully saturated rings. The number of fused-ring (bicyclic) bond motifs is 1. The minimum Gasteiger partial charge on any atom is -0.378 e. The lowest BCUT2D eigenvalue weighted by molar-refractivity contribution is -0.00567. The van der Waals surface area contributed by atoms with Crippen LogP contribution in [0.4, 0.5) is 5.82 Å². The summed E-state index contributed by atoms with van der Waals surface area (Å²) in [6.07, 6.45) is 9.60. The Bertz CT molecular complexity index is 647. The van der Waals surface area contributed by atoms with Crippen LogP contribution in [0.1, 0.15) is 43.4 Å². The summed E-state index contributed by atoms with van der Waals surface area (Å²) in [6, 6.07) is 3.31. The molecule has 2 aromatic heterocycles. The molecule has 1 aliphatic heterocycles. The summed E-state index contributed by atoms with van der Waals surface area (Å²) in [5, 5.41) is 8.37. The van der Waals surface area contributed by atoms with Gasteiger partial charge in [0.05, 0.1) is 24.6 Å². The van der Waals surface area contributed by atoms with E-state index in [-0.39, 0.29) is 0 Å². The predicted molar refractivity (Wildman–Crippen MR) is 94.0 cm³/mol. The summed E-state index contributed by atoms with van der Waals surface area (Å²) in [4.78, 5) is 11.4. The Kier molecular flexibility index (Phi) is 4.73. The van der Waals surface area contributed by atoms with E-state index in [0.29, 0.717) is 12.1 Å². The molecule has 23 heavy (non-hydrogen) atoms. The first-order valence-electron chi connectivity index (χ1n) is 8.69. The summed E-state index contributed by atoms with van der Waals surface area (Å²) >= 11 is 1.76. The van der Waals surface area contributed by atoms with Gasteiger partial charge >= 0.3 is 0 Å². The van der Waals surface area contributed by atoms with Gasteiger partial charge in [-0.1, -0.05) is 25.7 Å². The molecular weight excluding hydrogens is 308 g/mol. The standard InChI is InChI=1S/C17H24N4OS/c1-2-4-6-12(5-3-1)21-16-15-7-14(8-18-13-9-22-10-13)23-17(15)20-11-19-16/h7,11-13,18H,1-6,8-10H2,(H,19,20,21). The molecule has 0 spiro atoms. The average Bonchev–Trinajstić information content (AvgIpc) is 2.75. The molecule has 0 unspecified atom stereocenters. The number of rotatable bonds is 5. The molecule has 1 aliphatic carbocycles. The summed E-state index contributed by atoms with van der Waals surface area (Å²) in [7, 11) is 0. The molecule has 2 N–H and O–H groups in total. The minimum absolute atomic E-state index is 0.509. The second-order valence-electron chi connectivity index (χ2n) is 6.60. The number of thiophene rings is 1. The zero-order valence-corrected chi connectivity index (χ0v) is 14.2. The Balaban J connectivity index is 1.48. The first kappa shape index (κ1) is 15.3. The smallest absolute Gasteiger partial charge is 0.138 e. The Labute approximate surface area is 140 Å². The van der Waals surface area contributed by atoms with Gasteiger partial charge in [-0.2, -0.15) is 0 Å². The van der Waals surface area contributed by atoms with Crippen molar-refractivity contribution >= 4 is 27.4 Å². The maximum Gasteiger partial charge on any atom is 0.138 e. The van der Waals surface area contributed by atoms with Gasteiger partial charge in [0.25, 0.3) is 0 Å². The number of ether oxygens (including phenoxy) is 1. The fraction of sp³-hybridized carbons (Fsp3) is 0.647. The van der Waals surface area contributed by atoms with Crippen LogP contribution in [0.2, 0.25) is 0 Å². The van der Waals surface area contributed by atoms with Gasteiger partial charge in [-0.25, -0.2) is 9.97 Å². The first-order valence-corrected chi connectivity index (χ1v) is 9.51. The van der Waals surface area contributed by atoms with Crippen molar-refractivity contribution in [2.24, 2.45) is 0 Å². The van der Waals surface area contributed by atoms with E-state index in [4.69, 9.17) is 4.74 Å². The zero-order chi connectivity index (χ0) is 15.5. The molecule has 0 bridgehead atoms. The Morgan fingerprint density at radius 2 is 1.91 bits per heavy atom. The van der Waals surface area contributed by atoms with Crippen molar-refractivity contribution in [1.29, 1.82) is 0 Å². The monoisotopic (exact) mass is 332 g/mol. The lowest BCUT2D eigenvalue weighted by Gasteiger charge is -2.26. The fourth-order valence-electron chi connectivity index (χ4n) is 3.32. The van der Waals surface area contributed by atoms with E-state index in [1.54, 1.807) is 17.7 Å². The Morgan fingerprint density at radius 1 is 1.09 bits per heavy atom. The van der Waals surface area contributed by atoms with Gasteiger partial charge in [-0.3, -0.25) is 0 Å². The van der Waals surface area contributed by atoms with Crippen LogP contribution in [0.25, 0.3) is 10.2 Å². The van der Waals surface area contributed by atoms with Crippen molar-refractivity contribution < 1.29 is 4.74 Å². The molecule has 4 rings (SSSR count). The molecule has 124 valence electrons. The summed E-state index contributed by atoms with van der Waals surface area (Å²) in [5.41, 5.74) is 0. The minimum atomic E-state index is 0.509. The van der Waals surface area contributed by atoms with Crippen LogP contribution in [0.15, 0.2) is 12.4 Å². The SMILES string of the molecule is c1nc(NC2CCCCCC2)c2cc(CNC3COC3)sc2n1. The van der Waals surface area contributed by atoms with E-state index in [1.807, 2.05) is 0 Å². The molecule has 6 heteroatoms. The van der Waals surface area contributed by atoms with E-state index in [1.165, 1.54) is 48.8 Å². The van der Waals surface area contributed by atoms with E-state index in [9.17, 15) is 0 Å². The van der Waals surface area contributed by atoms with Crippen molar-refractivity contribution in [2.45, 2.75) is 57.2 Å². The third kappa shape index (κ3) is 3.65. The molecular formula is C17H24N4OS. The van der Waals surface area contributed by atoms with Gasteiger partial charge in [-0.05, 0) is 18.9 Å². The molecule has 1 saturated carbocycles. The molecule has 3 heterocycles. The van der Waals surface area contributed by atoms with Crippen molar-refractivity contribution in [2.75, 3.05) is 18.5 Å². The number of hydrogen-bond acceptors (Lipinski definition) is 6. The van der Waals surface area contributed by atoms with E-state index < -0.39 is 0 Å². The molecule has 1 saturated heterocycles. The highest BCUT2D eigenvalue weighted by Crippen LogP contribution is 2.30. The molecule has 2 aromatic rings. The quantitative estimate of drug-likeness (QED) is 0.823. The fourth-order valence-corrected chi connectivity index (χ4v) is 4.27. The van der Waals surface area contributed by atoms with E-state index >= 15 is 0 Å². The number of anilines is 1. The molecule has 5 nitrogen and oxygen atoms in total. The number of hydrogen-bond donors (Lipinski definition) is 2. The first-order chi connectivity index (χ1) is 11.4. The zero-order valence-electron chi connectivity index (χ0n) is 13.4. The highest BCUT2D eigenvalue weighted by molar-refractivity contribution is 7.18. The van der Waals surface area contributed by atoms with Crippen molar-refractivity contribution in [3.8, 4) is 0 Å². The van der Waals surface area contributed by atoms with Crippen molar-refractivity contribution in [1.82, 2.24) is 15.3 Å². The number of nitrogens with one attached hydrogen (secondary N) is 2. The summed E-state index contributed by atoms with van der Waals surface area (Å²) in [5.74, 6) is 1.01. The molecule has 0 aromatic carbocycles. The second-order valence-corrected chi connectivity index (χ2v) is 7.72. The van der Waals surface area contributed by atoms with Crippen LogP contribution >= 0.6 is 11.3 Å². The predicted octanol–water partition coefficient (Wildman–Crippen LogP) is 3.31. The molecule has 2 aliphatic rings. The van der Waals surface area contributed by atoms with Gasteiger partial charge < -0.3 is 15.4 Å². The van der Waals surface area contributed by atoms with Crippen LogP contribution in [0, 0.1) is 0 Å². The van der Waals surface area contributed by atoms with Crippen LogP contribution in [0.3, 0.4) is 0 Å². The van der Waals surface area contributed by atoms with E-state index in [2.05, 4.69) is 26.7 Å². The average molecular weight is 332 g/mol. The topological polar surface area (TPSA) is 59.1 Å².